The van der Waals surface area contributed by atoms with E-state index in [0.717, 1.165) is 12.8 Å². The zero-order chi connectivity index (χ0) is 6.91. The van der Waals surface area contributed by atoms with Gasteiger partial charge in [0.25, 0.3) is 0 Å². The van der Waals surface area contributed by atoms with E-state index in [2.05, 4.69) is 22.9 Å². The summed E-state index contributed by atoms with van der Waals surface area (Å²) in [5.74, 6) is 0. The van der Waals surface area contributed by atoms with Crippen molar-refractivity contribution in [1.29, 1.82) is 0 Å². The Bertz CT molecular complexity index is 101. The lowest BCUT2D eigenvalue weighted by atomic mass is 9.88. The van der Waals surface area contributed by atoms with Gasteiger partial charge in [-0.05, 0) is 19.8 Å². The molecule has 0 unspecified atom stereocenters. The number of alkyl halides is 1. The SMILES string of the molecule is C[C@@]1(Br)CCCC[C@@H]1O. The molecule has 1 rings (SSSR count). The van der Waals surface area contributed by atoms with Crippen molar-refractivity contribution in [2.24, 2.45) is 0 Å². The van der Waals surface area contributed by atoms with Crippen molar-refractivity contribution in [2.75, 3.05) is 0 Å². The molecule has 9 heavy (non-hydrogen) atoms. The van der Waals surface area contributed by atoms with Gasteiger partial charge in [0.2, 0.25) is 0 Å². The van der Waals surface area contributed by atoms with Gasteiger partial charge in [-0.2, -0.15) is 0 Å². The first-order chi connectivity index (χ1) is 4.13. The van der Waals surface area contributed by atoms with Gasteiger partial charge in [-0.15, -0.1) is 0 Å². The van der Waals surface area contributed by atoms with E-state index in [1.54, 1.807) is 0 Å². The number of hydrogen-bond donors (Lipinski definition) is 1. The third kappa shape index (κ3) is 1.68. The van der Waals surface area contributed by atoms with Crippen molar-refractivity contribution < 1.29 is 5.11 Å². The second-order valence-corrected chi connectivity index (χ2v) is 4.85. The van der Waals surface area contributed by atoms with Gasteiger partial charge >= 0.3 is 0 Å². The summed E-state index contributed by atoms with van der Waals surface area (Å²) in [6.45, 7) is 2.07. The Kier molecular flexibility index (Phi) is 2.17. The van der Waals surface area contributed by atoms with Gasteiger partial charge < -0.3 is 5.11 Å². The summed E-state index contributed by atoms with van der Waals surface area (Å²) in [5, 5.41) is 9.39. The molecule has 54 valence electrons. The second kappa shape index (κ2) is 2.59. The smallest absolute Gasteiger partial charge is 0.0690 e. The van der Waals surface area contributed by atoms with E-state index in [9.17, 15) is 5.11 Å². The van der Waals surface area contributed by atoms with Crippen molar-refractivity contribution in [3.8, 4) is 0 Å². The summed E-state index contributed by atoms with van der Waals surface area (Å²) in [5.41, 5.74) is 0. The number of rotatable bonds is 0. The van der Waals surface area contributed by atoms with Crippen molar-refractivity contribution in [3.05, 3.63) is 0 Å². The van der Waals surface area contributed by atoms with E-state index in [1.807, 2.05) is 0 Å². The Labute approximate surface area is 64.6 Å². The molecule has 1 fully saturated rings. The molecule has 0 saturated heterocycles. The first-order valence-corrected chi connectivity index (χ1v) is 4.29. The van der Waals surface area contributed by atoms with Gasteiger partial charge in [0.1, 0.15) is 0 Å². The molecule has 2 heteroatoms. The van der Waals surface area contributed by atoms with Crippen LogP contribution in [0.2, 0.25) is 0 Å². The number of halogens is 1. The van der Waals surface area contributed by atoms with Crippen LogP contribution in [0.1, 0.15) is 32.6 Å². The molecular formula is C7H13BrO. The molecule has 0 aromatic carbocycles. The molecule has 0 aromatic rings. The van der Waals surface area contributed by atoms with E-state index >= 15 is 0 Å². The molecule has 0 heterocycles. The van der Waals surface area contributed by atoms with Crippen molar-refractivity contribution in [3.63, 3.8) is 0 Å². The van der Waals surface area contributed by atoms with Crippen LogP contribution < -0.4 is 0 Å². The monoisotopic (exact) mass is 192 g/mol. The van der Waals surface area contributed by atoms with Crippen molar-refractivity contribution in [1.82, 2.24) is 0 Å². The lowest BCUT2D eigenvalue weighted by Gasteiger charge is -2.32. The Morgan fingerprint density at radius 2 is 2.22 bits per heavy atom. The predicted octanol–water partition coefficient (Wildman–Crippen LogP) is 2.07. The number of hydrogen-bond acceptors (Lipinski definition) is 1. The molecule has 0 amide bonds. The highest BCUT2D eigenvalue weighted by Crippen LogP contribution is 2.35. The molecule has 1 N–H and O–H groups in total. The minimum absolute atomic E-state index is 0.00521. The fourth-order valence-electron chi connectivity index (χ4n) is 1.28. The molecule has 0 spiro atoms. The maximum Gasteiger partial charge on any atom is 0.0690 e. The first kappa shape index (κ1) is 7.55. The highest BCUT2D eigenvalue weighted by molar-refractivity contribution is 9.10. The molecule has 1 aliphatic rings. The van der Waals surface area contributed by atoms with Gasteiger partial charge in [-0.3, -0.25) is 0 Å². The summed E-state index contributed by atoms with van der Waals surface area (Å²) in [4.78, 5) is 0. The summed E-state index contributed by atoms with van der Waals surface area (Å²) >= 11 is 3.51. The fourth-order valence-corrected chi connectivity index (χ4v) is 1.79. The zero-order valence-electron chi connectivity index (χ0n) is 5.73. The molecule has 1 saturated carbocycles. The zero-order valence-corrected chi connectivity index (χ0v) is 7.32. The van der Waals surface area contributed by atoms with E-state index in [1.165, 1.54) is 12.8 Å². The van der Waals surface area contributed by atoms with E-state index < -0.39 is 0 Å². The normalized spacial score (nSPS) is 45.0. The maximum atomic E-state index is 9.39. The van der Waals surface area contributed by atoms with Crippen LogP contribution in [0, 0.1) is 0 Å². The van der Waals surface area contributed by atoms with Crippen LogP contribution in [-0.4, -0.2) is 15.5 Å². The minimum Gasteiger partial charge on any atom is -0.392 e. The highest BCUT2D eigenvalue weighted by Gasteiger charge is 2.32. The van der Waals surface area contributed by atoms with E-state index in [-0.39, 0.29) is 10.4 Å². The van der Waals surface area contributed by atoms with Crippen LogP contribution in [0.3, 0.4) is 0 Å². The van der Waals surface area contributed by atoms with Crippen LogP contribution in [0.25, 0.3) is 0 Å². The first-order valence-electron chi connectivity index (χ1n) is 3.50. The van der Waals surface area contributed by atoms with Gasteiger partial charge in [0, 0.05) is 4.32 Å². The van der Waals surface area contributed by atoms with E-state index in [4.69, 9.17) is 0 Å². The van der Waals surface area contributed by atoms with Crippen LogP contribution in [0.15, 0.2) is 0 Å². The van der Waals surface area contributed by atoms with Gasteiger partial charge in [0.05, 0.1) is 6.10 Å². The van der Waals surface area contributed by atoms with Crippen LogP contribution >= 0.6 is 15.9 Å². The largest absolute Gasteiger partial charge is 0.392 e. The standard InChI is InChI=1S/C7H13BrO/c1-7(8)5-3-2-4-6(7)9/h6,9H,2-5H2,1H3/t6-,7+/m0/s1. The quantitative estimate of drug-likeness (QED) is 0.584. The predicted molar refractivity (Wildman–Crippen MR) is 41.8 cm³/mol. The molecule has 0 aliphatic heterocycles. The summed E-state index contributed by atoms with van der Waals surface area (Å²) < 4.78 is 0.00521. The van der Waals surface area contributed by atoms with Crippen molar-refractivity contribution >= 4 is 15.9 Å². The third-order valence-electron chi connectivity index (χ3n) is 2.09. The summed E-state index contributed by atoms with van der Waals surface area (Å²) in [6.07, 6.45) is 4.36. The highest BCUT2D eigenvalue weighted by atomic mass is 79.9. The minimum atomic E-state index is -0.133. The lowest BCUT2D eigenvalue weighted by molar-refractivity contribution is 0.101. The second-order valence-electron chi connectivity index (χ2n) is 3.04. The topological polar surface area (TPSA) is 20.2 Å². The Hall–Kier alpha value is 0.440. The molecule has 0 bridgehead atoms. The fraction of sp³-hybridized carbons (Fsp3) is 1.00. The van der Waals surface area contributed by atoms with Gasteiger partial charge in [-0.1, -0.05) is 28.8 Å². The third-order valence-corrected chi connectivity index (χ3v) is 3.01. The molecular weight excluding hydrogens is 180 g/mol. The molecule has 1 nitrogen and oxygen atoms in total. The van der Waals surface area contributed by atoms with Gasteiger partial charge in [-0.25, -0.2) is 0 Å². The average molecular weight is 193 g/mol. The Balaban J connectivity index is 2.49. The van der Waals surface area contributed by atoms with Gasteiger partial charge in [0.15, 0.2) is 0 Å². The lowest BCUT2D eigenvalue weighted by Crippen LogP contribution is -2.35. The van der Waals surface area contributed by atoms with Crippen LogP contribution in [-0.2, 0) is 0 Å². The van der Waals surface area contributed by atoms with E-state index in [0.29, 0.717) is 0 Å². The average Bonchev–Trinajstić information content (AvgIpc) is 1.77. The number of aliphatic hydroxyl groups excluding tert-OH is 1. The Morgan fingerprint density at radius 1 is 1.56 bits per heavy atom. The Morgan fingerprint density at radius 3 is 2.56 bits per heavy atom. The summed E-state index contributed by atoms with van der Waals surface area (Å²) in [7, 11) is 0. The van der Waals surface area contributed by atoms with Crippen LogP contribution in [0.5, 0.6) is 0 Å². The maximum absolute atomic E-state index is 9.39. The molecule has 0 radical (unpaired) electrons. The molecule has 1 aliphatic carbocycles. The molecule has 2 atom stereocenters. The number of aliphatic hydroxyl groups is 1. The molecule has 0 aromatic heterocycles. The summed E-state index contributed by atoms with van der Waals surface area (Å²) in [6, 6.07) is 0. The van der Waals surface area contributed by atoms with Crippen molar-refractivity contribution in [2.45, 2.75) is 43.0 Å². The van der Waals surface area contributed by atoms with Crippen LogP contribution in [0.4, 0.5) is 0 Å².